The van der Waals surface area contributed by atoms with Crippen molar-refractivity contribution in [1.29, 1.82) is 0 Å². The van der Waals surface area contributed by atoms with Crippen molar-refractivity contribution in [1.82, 2.24) is 25.2 Å². The van der Waals surface area contributed by atoms with E-state index in [1.54, 1.807) is 29.2 Å². The monoisotopic (exact) mass is 503 g/mol. The van der Waals surface area contributed by atoms with Crippen LogP contribution < -0.4 is 9.47 Å². The Morgan fingerprint density at radius 1 is 1.03 bits per heavy atom. The van der Waals surface area contributed by atoms with E-state index in [9.17, 15) is 22.8 Å². The molecule has 1 aromatic heterocycles. The number of aryl methyl sites for hydroxylation is 1. The van der Waals surface area contributed by atoms with E-state index in [0.717, 1.165) is 11.6 Å². The van der Waals surface area contributed by atoms with Crippen molar-refractivity contribution < 1.29 is 32.2 Å². The third-order valence-electron chi connectivity index (χ3n) is 6.74. The molecule has 0 spiro atoms. The molecule has 0 bridgehead atoms. The molecule has 2 atom stereocenters. The number of H-pyrrole nitrogens is 1. The Labute approximate surface area is 204 Å². The van der Waals surface area contributed by atoms with E-state index < -0.39 is 6.36 Å². The number of aromatic amines is 1. The van der Waals surface area contributed by atoms with E-state index in [4.69, 9.17) is 4.74 Å². The van der Waals surface area contributed by atoms with Gasteiger partial charge in [-0.1, -0.05) is 5.21 Å². The van der Waals surface area contributed by atoms with E-state index in [1.807, 2.05) is 4.90 Å². The molecule has 0 saturated carbocycles. The quantitative estimate of drug-likeness (QED) is 0.555. The summed E-state index contributed by atoms with van der Waals surface area (Å²) in [7, 11) is 1.35. The normalized spacial score (nSPS) is 19.6. The van der Waals surface area contributed by atoms with Gasteiger partial charge in [-0.25, -0.2) is 0 Å². The molecule has 2 aliphatic heterocycles. The molecule has 190 valence electrons. The van der Waals surface area contributed by atoms with Gasteiger partial charge in [0.15, 0.2) is 0 Å². The summed E-state index contributed by atoms with van der Waals surface area (Å²) >= 11 is 0. The van der Waals surface area contributed by atoms with E-state index in [1.165, 1.54) is 13.2 Å². The van der Waals surface area contributed by atoms with E-state index >= 15 is 0 Å². The highest BCUT2D eigenvalue weighted by atomic mass is 19.4. The zero-order valence-electron chi connectivity index (χ0n) is 19.4. The Morgan fingerprint density at radius 2 is 1.72 bits per heavy atom. The number of carbonyl (C=O) groups excluding carboxylic acids is 2. The lowest BCUT2D eigenvalue weighted by atomic mass is 10.0. The fourth-order valence-corrected chi connectivity index (χ4v) is 5.01. The van der Waals surface area contributed by atoms with Gasteiger partial charge in [0.2, 0.25) is 5.91 Å². The zero-order chi connectivity index (χ0) is 25.4. The second-order valence-electron chi connectivity index (χ2n) is 9.14. The van der Waals surface area contributed by atoms with Gasteiger partial charge in [0.25, 0.3) is 5.91 Å². The molecule has 0 aliphatic carbocycles. The average molecular weight is 503 g/mol. The smallest absolute Gasteiger partial charge is 0.497 e. The number of carbonyl (C=O) groups is 2. The van der Waals surface area contributed by atoms with Gasteiger partial charge in [-0.15, -0.1) is 18.3 Å². The molecular formula is C24H24F3N5O4. The first-order chi connectivity index (χ1) is 17.2. The second-order valence-corrected chi connectivity index (χ2v) is 9.14. The lowest BCUT2D eigenvalue weighted by Gasteiger charge is -2.22. The maximum Gasteiger partial charge on any atom is 0.573 e. The molecule has 2 amide bonds. The van der Waals surface area contributed by atoms with E-state index in [-0.39, 0.29) is 48.0 Å². The second kappa shape index (κ2) is 9.32. The summed E-state index contributed by atoms with van der Waals surface area (Å²) in [6.45, 7) is 2.24. The van der Waals surface area contributed by atoms with Crippen LogP contribution in [0.1, 0.15) is 22.3 Å². The maximum atomic E-state index is 13.0. The van der Waals surface area contributed by atoms with Crippen LogP contribution in [0.25, 0.3) is 11.0 Å². The fourth-order valence-electron chi connectivity index (χ4n) is 5.01. The average Bonchev–Trinajstić information content (AvgIpc) is 3.55. The minimum absolute atomic E-state index is 0.0675. The van der Waals surface area contributed by atoms with Crippen molar-refractivity contribution in [2.24, 2.45) is 11.8 Å². The molecule has 3 heterocycles. The summed E-state index contributed by atoms with van der Waals surface area (Å²) in [6, 6.07) is 9.25. The summed E-state index contributed by atoms with van der Waals surface area (Å²) < 4.78 is 46.9. The number of methoxy groups -OCH3 is 1. The molecule has 12 heteroatoms. The molecule has 2 aromatic carbocycles. The molecule has 2 fully saturated rings. The zero-order valence-corrected chi connectivity index (χ0v) is 19.4. The van der Waals surface area contributed by atoms with Crippen molar-refractivity contribution in [2.75, 3.05) is 33.3 Å². The van der Waals surface area contributed by atoms with Crippen LogP contribution in [0, 0.1) is 11.8 Å². The first kappa shape index (κ1) is 23.9. The molecule has 2 saturated heterocycles. The fraction of sp³-hybridized carbons (Fsp3) is 0.417. The number of halogens is 3. The van der Waals surface area contributed by atoms with Crippen LogP contribution in [0.5, 0.6) is 11.5 Å². The molecule has 2 aliphatic rings. The lowest BCUT2D eigenvalue weighted by Crippen LogP contribution is -2.35. The first-order valence-electron chi connectivity index (χ1n) is 11.5. The van der Waals surface area contributed by atoms with Gasteiger partial charge >= 0.3 is 6.36 Å². The van der Waals surface area contributed by atoms with Crippen molar-refractivity contribution in [2.45, 2.75) is 19.2 Å². The number of hydrogen-bond donors (Lipinski definition) is 1. The van der Waals surface area contributed by atoms with E-state index in [0.29, 0.717) is 42.8 Å². The van der Waals surface area contributed by atoms with Crippen LogP contribution in [0.2, 0.25) is 0 Å². The van der Waals surface area contributed by atoms with Crippen molar-refractivity contribution in [3.05, 3.63) is 47.5 Å². The largest absolute Gasteiger partial charge is 0.573 e. The number of fused-ring (bicyclic) bond motifs is 2. The summed E-state index contributed by atoms with van der Waals surface area (Å²) in [5.74, 6) is 0.0892. The van der Waals surface area contributed by atoms with Crippen LogP contribution in [0.4, 0.5) is 13.2 Å². The molecule has 3 aromatic rings. The molecule has 36 heavy (non-hydrogen) atoms. The van der Waals surface area contributed by atoms with Crippen LogP contribution >= 0.6 is 0 Å². The SMILES string of the molecule is COc1cc(CCC(=O)N2C[C@@H]3CN(C(=O)c4ccc5[nH]nnc5c4)C[C@H]3C2)cc(OC(F)(F)F)c1. The van der Waals surface area contributed by atoms with Crippen LogP contribution in [0.15, 0.2) is 36.4 Å². The highest BCUT2D eigenvalue weighted by Gasteiger charge is 2.43. The summed E-state index contributed by atoms with van der Waals surface area (Å²) in [6.07, 6.45) is -4.41. The van der Waals surface area contributed by atoms with Gasteiger partial charge in [0.1, 0.15) is 17.0 Å². The lowest BCUT2D eigenvalue weighted by molar-refractivity contribution is -0.274. The van der Waals surface area contributed by atoms with Gasteiger partial charge in [0.05, 0.1) is 12.6 Å². The molecule has 5 rings (SSSR count). The van der Waals surface area contributed by atoms with Gasteiger partial charge in [0, 0.05) is 56.1 Å². The Balaban J connectivity index is 1.15. The van der Waals surface area contributed by atoms with E-state index in [2.05, 4.69) is 20.1 Å². The summed E-state index contributed by atoms with van der Waals surface area (Å²) in [5, 5.41) is 10.5. The summed E-state index contributed by atoms with van der Waals surface area (Å²) in [4.78, 5) is 29.4. The Morgan fingerprint density at radius 3 is 2.42 bits per heavy atom. The Bertz CT molecular complexity index is 1280. The number of nitrogens with zero attached hydrogens (tertiary/aromatic N) is 4. The maximum absolute atomic E-state index is 13.0. The highest BCUT2D eigenvalue weighted by Crippen LogP contribution is 2.33. The van der Waals surface area contributed by atoms with Crippen molar-refractivity contribution in [3.63, 3.8) is 0 Å². The van der Waals surface area contributed by atoms with Gasteiger partial charge in [-0.05, 0) is 42.3 Å². The first-order valence-corrected chi connectivity index (χ1v) is 11.5. The van der Waals surface area contributed by atoms with Crippen LogP contribution in [-0.2, 0) is 11.2 Å². The highest BCUT2D eigenvalue weighted by molar-refractivity contribution is 5.97. The molecule has 0 radical (unpaired) electrons. The Kier molecular flexibility index (Phi) is 6.19. The molecule has 9 nitrogen and oxygen atoms in total. The van der Waals surface area contributed by atoms with Crippen molar-refractivity contribution >= 4 is 22.8 Å². The predicted octanol–water partition coefficient (Wildman–Crippen LogP) is 3.03. The minimum atomic E-state index is -4.81. The summed E-state index contributed by atoms with van der Waals surface area (Å²) in [5.41, 5.74) is 2.46. The number of aromatic nitrogens is 3. The molecular weight excluding hydrogens is 479 g/mol. The third kappa shape index (κ3) is 5.07. The minimum Gasteiger partial charge on any atom is -0.497 e. The number of amides is 2. The standard InChI is InChI=1S/C24H24F3N5O4/c1-35-18-6-14(7-19(9-18)36-24(25,26)27)2-5-22(33)31-10-16-12-32(13-17(16)11-31)23(34)15-3-4-20-21(8-15)29-30-28-20/h3-4,6-9,16-17H,2,5,10-13H2,1H3,(H,28,29,30)/t16-,17-/m1/s1. The van der Waals surface area contributed by atoms with Crippen molar-refractivity contribution in [3.8, 4) is 11.5 Å². The number of benzene rings is 2. The predicted molar refractivity (Wildman–Crippen MR) is 121 cm³/mol. The van der Waals surface area contributed by atoms with Gasteiger partial charge < -0.3 is 19.3 Å². The Hall–Kier alpha value is -3.83. The molecule has 1 N–H and O–H groups in total. The van der Waals surface area contributed by atoms with Crippen LogP contribution in [-0.4, -0.2) is 76.7 Å². The number of likely N-dealkylation sites (tertiary alicyclic amines) is 2. The number of ether oxygens (including phenoxy) is 2. The number of hydrogen-bond acceptors (Lipinski definition) is 6. The van der Waals surface area contributed by atoms with Gasteiger partial charge in [-0.2, -0.15) is 0 Å². The molecule has 0 unspecified atom stereocenters. The topological polar surface area (TPSA) is 101 Å². The number of nitrogens with one attached hydrogen (secondary N) is 1. The number of alkyl halides is 3. The van der Waals surface area contributed by atoms with Crippen LogP contribution in [0.3, 0.4) is 0 Å². The van der Waals surface area contributed by atoms with Gasteiger partial charge in [-0.3, -0.25) is 14.7 Å². The third-order valence-corrected chi connectivity index (χ3v) is 6.74. The number of rotatable bonds is 6.